The predicted molar refractivity (Wildman–Crippen MR) is 108 cm³/mol. The number of halogens is 1. The van der Waals surface area contributed by atoms with Crippen molar-refractivity contribution in [3.63, 3.8) is 0 Å². The van der Waals surface area contributed by atoms with Crippen LogP contribution >= 0.6 is 15.9 Å². The van der Waals surface area contributed by atoms with E-state index in [0.29, 0.717) is 17.5 Å². The molecule has 3 amide bonds. The van der Waals surface area contributed by atoms with Gasteiger partial charge in [-0.25, -0.2) is 0 Å². The number of imide groups is 1. The quantitative estimate of drug-likeness (QED) is 0.712. The fourth-order valence-electron chi connectivity index (χ4n) is 3.05. The van der Waals surface area contributed by atoms with Crippen molar-refractivity contribution in [3.8, 4) is 0 Å². The third-order valence-corrected chi connectivity index (χ3v) is 4.87. The van der Waals surface area contributed by atoms with Crippen LogP contribution in [-0.4, -0.2) is 43.3 Å². The zero-order valence-corrected chi connectivity index (χ0v) is 16.7. The maximum absolute atomic E-state index is 12.4. The molecule has 27 heavy (non-hydrogen) atoms. The lowest BCUT2D eigenvalue weighted by Crippen LogP contribution is -2.31. The zero-order valence-electron chi connectivity index (χ0n) is 15.2. The summed E-state index contributed by atoms with van der Waals surface area (Å²) in [7, 11) is 3.82. The molecule has 0 atom stereocenters. The second-order valence-corrected chi connectivity index (χ2v) is 7.43. The first-order valence-electron chi connectivity index (χ1n) is 8.60. The van der Waals surface area contributed by atoms with Gasteiger partial charge >= 0.3 is 0 Å². The molecular weight excluding hydrogens is 410 g/mol. The average molecular weight is 430 g/mol. The first kappa shape index (κ1) is 19.1. The van der Waals surface area contributed by atoms with Crippen molar-refractivity contribution < 1.29 is 14.4 Å². The van der Waals surface area contributed by atoms with Gasteiger partial charge in [-0.3, -0.25) is 19.3 Å². The molecule has 0 saturated carbocycles. The lowest BCUT2D eigenvalue weighted by molar-refractivity contribution is -0.116. The number of amides is 3. The van der Waals surface area contributed by atoms with E-state index >= 15 is 0 Å². The Hall–Kier alpha value is -2.67. The van der Waals surface area contributed by atoms with Crippen LogP contribution in [0.4, 0.5) is 11.4 Å². The number of carbonyl (C=O) groups is 3. The van der Waals surface area contributed by atoms with Gasteiger partial charge in [0.1, 0.15) is 0 Å². The van der Waals surface area contributed by atoms with Crippen molar-refractivity contribution in [1.82, 2.24) is 4.90 Å². The van der Waals surface area contributed by atoms with Crippen LogP contribution in [0.15, 0.2) is 46.9 Å². The third-order valence-electron chi connectivity index (χ3n) is 4.38. The second-order valence-electron chi connectivity index (χ2n) is 6.52. The van der Waals surface area contributed by atoms with Gasteiger partial charge < -0.3 is 10.2 Å². The van der Waals surface area contributed by atoms with Crippen LogP contribution in [0, 0.1) is 0 Å². The van der Waals surface area contributed by atoms with Crippen LogP contribution in [0.3, 0.4) is 0 Å². The first-order chi connectivity index (χ1) is 12.9. The molecule has 0 saturated heterocycles. The summed E-state index contributed by atoms with van der Waals surface area (Å²) < 4.78 is 0.753. The summed E-state index contributed by atoms with van der Waals surface area (Å²) in [5, 5.41) is 2.89. The maximum Gasteiger partial charge on any atom is 0.261 e. The molecule has 140 valence electrons. The number of nitrogens with one attached hydrogen (secondary N) is 1. The first-order valence-corrected chi connectivity index (χ1v) is 9.39. The van der Waals surface area contributed by atoms with Gasteiger partial charge in [0.05, 0.1) is 22.5 Å². The van der Waals surface area contributed by atoms with Crippen molar-refractivity contribution in [2.24, 2.45) is 0 Å². The monoisotopic (exact) mass is 429 g/mol. The van der Waals surface area contributed by atoms with Crippen molar-refractivity contribution in [1.29, 1.82) is 0 Å². The summed E-state index contributed by atoms with van der Waals surface area (Å²) in [5.74, 6) is -0.765. The number of nitrogens with zero attached hydrogens (tertiary/aromatic N) is 2. The van der Waals surface area contributed by atoms with E-state index < -0.39 is 0 Å². The zero-order chi connectivity index (χ0) is 19.6. The summed E-state index contributed by atoms with van der Waals surface area (Å²) in [4.78, 5) is 40.2. The molecule has 6 nitrogen and oxygen atoms in total. The molecular formula is C20H20BrN3O3. The largest absolute Gasteiger partial charge is 0.376 e. The SMILES string of the molecule is CN(C)c1ccccc1NC(=O)CCCN1C(=O)c2ccc(Br)cc2C1=O. The normalized spacial score (nSPS) is 12.9. The van der Waals surface area contributed by atoms with E-state index in [-0.39, 0.29) is 30.7 Å². The molecule has 7 heteroatoms. The van der Waals surface area contributed by atoms with Crippen LogP contribution in [0.2, 0.25) is 0 Å². The molecule has 0 aromatic heterocycles. The Morgan fingerprint density at radius 2 is 1.78 bits per heavy atom. The molecule has 0 bridgehead atoms. The number of fused-ring (bicyclic) bond motifs is 1. The summed E-state index contributed by atoms with van der Waals surface area (Å²) >= 11 is 3.31. The molecule has 0 aliphatic carbocycles. The van der Waals surface area contributed by atoms with E-state index in [0.717, 1.165) is 15.8 Å². The molecule has 2 aromatic carbocycles. The molecule has 1 heterocycles. The average Bonchev–Trinajstić information content (AvgIpc) is 2.86. The number of hydrogen-bond acceptors (Lipinski definition) is 4. The highest BCUT2D eigenvalue weighted by Crippen LogP contribution is 2.27. The summed E-state index contributed by atoms with van der Waals surface area (Å²) in [6.45, 7) is 0.215. The number of hydrogen-bond donors (Lipinski definition) is 1. The molecule has 0 unspecified atom stereocenters. The maximum atomic E-state index is 12.4. The van der Waals surface area contributed by atoms with E-state index in [2.05, 4.69) is 21.2 Å². The summed E-state index contributed by atoms with van der Waals surface area (Å²) in [5.41, 5.74) is 2.46. The minimum atomic E-state index is -0.310. The number of carbonyl (C=O) groups excluding carboxylic acids is 3. The lowest BCUT2D eigenvalue weighted by atomic mass is 10.1. The number of benzene rings is 2. The van der Waals surface area contributed by atoms with Crippen LogP contribution in [0.25, 0.3) is 0 Å². The molecule has 0 radical (unpaired) electrons. The molecule has 1 aliphatic heterocycles. The minimum Gasteiger partial charge on any atom is -0.376 e. The highest BCUT2D eigenvalue weighted by molar-refractivity contribution is 9.10. The van der Waals surface area contributed by atoms with E-state index in [1.807, 2.05) is 43.3 Å². The van der Waals surface area contributed by atoms with E-state index in [9.17, 15) is 14.4 Å². The van der Waals surface area contributed by atoms with Crippen LogP contribution < -0.4 is 10.2 Å². The Kier molecular flexibility index (Phi) is 5.60. The van der Waals surface area contributed by atoms with Crippen molar-refractivity contribution >= 4 is 45.0 Å². The van der Waals surface area contributed by atoms with Gasteiger partial charge in [-0.05, 0) is 36.8 Å². The van der Waals surface area contributed by atoms with Crippen molar-refractivity contribution in [2.45, 2.75) is 12.8 Å². The van der Waals surface area contributed by atoms with Gasteiger partial charge in [0.2, 0.25) is 5.91 Å². The highest BCUT2D eigenvalue weighted by Gasteiger charge is 2.35. The number of rotatable bonds is 6. The number of para-hydroxylation sites is 2. The van der Waals surface area contributed by atoms with E-state index in [4.69, 9.17) is 0 Å². The van der Waals surface area contributed by atoms with Crippen LogP contribution in [0.5, 0.6) is 0 Å². The van der Waals surface area contributed by atoms with Gasteiger partial charge in [0.15, 0.2) is 0 Å². The fourth-order valence-corrected chi connectivity index (χ4v) is 3.41. The summed E-state index contributed by atoms with van der Waals surface area (Å²) in [6.07, 6.45) is 0.626. The molecule has 0 fully saturated rings. The molecule has 1 aliphatic rings. The Bertz CT molecular complexity index is 911. The fraction of sp³-hybridized carbons (Fsp3) is 0.250. The van der Waals surface area contributed by atoms with Crippen molar-refractivity contribution in [2.75, 3.05) is 30.9 Å². The molecule has 1 N–H and O–H groups in total. The highest BCUT2D eigenvalue weighted by atomic mass is 79.9. The Balaban J connectivity index is 1.57. The van der Waals surface area contributed by atoms with Gasteiger partial charge in [-0.2, -0.15) is 0 Å². The second kappa shape index (κ2) is 7.92. The number of anilines is 2. The van der Waals surface area contributed by atoms with E-state index in [1.165, 1.54) is 4.90 Å². The Morgan fingerprint density at radius 3 is 2.52 bits per heavy atom. The predicted octanol–water partition coefficient (Wildman–Crippen LogP) is 3.53. The molecule has 3 rings (SSSR count). The molecule has 0 spiro atoms. The minimum absolute atomic E-state index is 0.149. The van der Waals surface area contributed by atoms with Crippen molar-refractivity contribution in [3.05, 3.63) is 58.1 Å². The van der Waals surface area contributed by atoms with Crippen LogP contribution in [0.1, 0.15) is 33.6 Å². The van der Waals surface area contributed by atoms with Crippen LogP contribution in [-0.2, 0) is 4.79 Å². The Morgan fingerprint density at radius 1 is 1.07 bits per heavy atom. The Labute approximate surface area is 166 Å². The van der Waals surface area contributed by atoms with Gasteiger partial charge in [-0.1, -0.05) is 28.1 Å². The van der Waals surface area contributed by atoms with Gasteiger partial charge in [0.25, 0.3) is 11.8 Å². The smallest absolute Gasteiger partial charge is 0.261 e. The third kappa shape index (κ3) is 4.03. The topological polar surface area (TPSA) is 69.7 Å². The molecule has 2 aromatic rings. The lowest BCUT2D eigenvalue weighted by Gasteiger charge is -2.18. The standard InChI is InChI=1S/C20H20BrN3O3/c1-23(2)17-7-4-3-6-16(17)22-18(25)8-5-11-24-19(26)14-10-9-13(21)12-15(14)20(24)27/h3-4,6-7,9-10,12H,5,8,11H2,1-2H3,(H,22,25). The van der Waals surface area contributed by atoms with Gasteiger partial charge in [-0.15, -0.1) is 0 Å². The van der Waals surface area contributed by atoms with E-state index in [1.54, 1.807) is 18.2 Å². The summed E-state index contributed by atoms with van der Waals surface area (Å²) in [6, 6.07) is 12.6. The van der Waals surface area contributed by atoms with Gasteiger partial charge in [0, 0.05) is 31.5 Å².